The maximum atomic E-state index is 13.4. The minimum absolute atomic E-state index is 0.0363. The molecule has 29 heavy (non-hydrogen) atoms. The highest BCUT2D eigenvalue weighted by Gasteiger charge is 2.35. The van der Waals surface area contributed by atoms with Crippen LogP contribution in [0.2, 0.25) is 5.02 Å². The summed E-state index contributed by atoms with van der Waals surface area (Å²) in [7, 11) is 3.11. The van der Waals surface area contributed by atoms with Crippen molar-refractivity contribution in [3.05, 3.63) is 53.1 Å². The SMILES string of the molecule is COc1cc(OC)cc(-c2noc(C3CC(=O)N(c4ccc(F)c(Cl)c4)C3)n2)c1. The number of carbonyl (C=O) groups is 1. The first-order chi connectivity index (χ1) is 14.0. The van der Waals surface area contributed by atoms with Crippen LogP contribution in [0.25, 0.3) is 11.4 Å². The van der Waals surface area contributed by atoms with Crippen molar-refractivity contribution in [1.82, 2.24) is 10.1 Å². The normalized spacial score (nSPS) is 16.3. The first-order valence-electron chi connectivity index (χ1n) is 8.81. The van der Waals surface area contributed by atoms with Crippen molar-refractivity contribution in [3.63, 3.8) is 0 Å². The van der Waals surface area contributed by atoms with E-state index in [2.05, 4.69) is 10.1 Å². The third-order valence-corrected chi connectivity index (χ3v) is 5.03. The van der Waals surface area contributed by atoms with E-state index in [0.717, 1.165) is 0 Å². The zero-order chi connectivity index (χ0) is 20.5. The third kappa shape index (κ3) is 3.75. The molecule has 1 amide bonds. The number of benzene rings is 2. The lowest BCUT2D eigenvalue weighted by molar-refractivity contribution is -0.117. The minimum Gasteiger partial charge on any atom is -0.497 e. The lowest BCUT2D eigenvalue weighted by atomic mass is 10.1. The molecule has 0 N–H and O–H groups in total. The van der Waals surface area contributed by atoms with Gasteiger partial charge in [-0.2, -0.15) is 4.98 Å². The molecular weight excluding hydrogens is 401 g/mol. The minimum atomic E-state index is -0.533. The van der Waals surface area contributed by atoms with Crippen LogP contribution in [-0.2, 0) is 4.79 Å². The summed E-state index contributed by atoms with van der Waals surface area (Å²) < 4.78 is 29.4. The number of halogens is 2. The summed E-state index contributed by atoms with van der Waals surface area (Å²) in [6, 6.07) is 9.46. The summed E-state index contributed by atoms with van der Waals surface area (Å²) >= 11 is 5.84. The molecule has 0 aliphatic carbocycles. The van der Waals surface area contributed by atoms with Crippen molar-refractivity contribution in [1.29, 1.82) is 0 Å². The number of nitrogens with zero attached hydrogens (tertiary/aromatic N) is 3. The monoisotopic (exact) mass is 417 g/mol. The fraction of sp³-hybridized carbons (Fsp3) is 0.250. The molecule has 1 fully saturated rings. The molecule has 3 aromatic rings. The number of methoxy groups -OCH3 is 2. The van der Waals surface area contributed by atoms with E-state index in [1.165, 1.54) is 23.1 Å². The molecule has 1 unspecified atom stereocenters. The summed E-state index contributed by atoms with van der Waals surface area (Å²) in [5.41, 5.74) is 1.20. The van der Waals surface area contributed by atoms with Crippen molar-refractivity contribution >= 4 is 23.2 Å². The molecule has 7 nitrogen and oxygen atoms in total. The molecule has 1 aromatic heterocycles. The molecule has 2 aromatic carbocycles. The Kier molecular flexibility index (Phi) is 5.10. The number of anilines is 1. The van der Waals surface area contributed by atoms with Crippen molar-refractivity contribution in [2.45, 2.75) is 12.3 Å². The van der Waals surface area contributed by atoms with Crippen molar-refractivity contribution in [3.8, 4) is 22.9 Å². The molecule has 1 aliphatic rings. The third-order valence-electron chi connectivity index (χ3n) is 4.74. The van der Waals surface area contributed by atoms with Gasteiger partial charge in [-0.25, -0.2) is 4.39 Å². The van der Waals surface area contributed by atoms with E-state index < -0.39 is 5.82 Å². The van der Waals surface area contributed by atoms with Crippen LogP contribution < -0.4 is 14.4 Å². The fourth-order valence-corrected chi connectivity index (χ4v) is 3.41. The number of amides is 1. The lowest BCUT2D eigenvalue weighted by Gasteiger charge is -2.16. The van der Waals surface area contributed by atoms with Crippen LogP contribution in [0.5, 0.6) is 11.5 Å². The maximum absolute atomic E-state index is 13.4. The van der Waals surface area contributed by atoms with Crippen LogP contribution in [0.3, 0.4) is 0 Å². The molecule has 0 bridgehead atoms. The number of rotatable bonds is 5. The average molecular weight is 418 g/mol. The highest BCUT2D eigenvalue weighted by atomic mass is 35.5. The Hall–Kier alpha value is -3.13. The summed E-state index contributed by atoms with van der Waals surface area (Å²) in [5.74, 6) is 0.982. The maximum Gasteiger partial charge on any atom is 0.232 e. The van der Waals surface area contributed by atoms with Crippen LogP contribution in [0, 0.1) is 5.82 Å². The molecule has 1 atom stereocenters. The van der Waals surface area contributed by atoms with E-state index in [-0.39, 0.29) is 23.3 Å². The van der Waals surface area contributed by atoms with Crippen LogP contribution in [0.4, 0.5) is 10.1 Å². The van der Waals surface area contributed by atoms with Gasteiger partial charge in [0.1, 0.15) is 17.3 Å². The van der Waals surface area contributed by atoms with Crippen LogP contribution >= 0.6 is 11.6 Å². The molecule has 2 heterocycles. The summed E-state index contributed by atoms with van der Waals surface area (Å²) in [5, 5.41) is 4.00. The summed E-state index contributed by atoms with van der Waals surface area (Å²) in [6.07, 6.45) is 0.206. The Balaban J connectivity index is 1.57. The Morgan fingerprint density at radius 2 is 1.90 bits per heavy atom. The first-order valence-corrected chi connectivity index (χ1v) is 9.18. The van der Waals surface area contributed by atoms with E-state index >= 15 is 0 Å². The molecule has 0 spiro atoms. The van der Waals surface area contributed by atoms with Crippen LogP contribution in [0.1, 0.15) is 18.2 Å². The summed E-state index contributed by atoms with van der Waals surface area (Å²) in [4.78, 5) is 18.5. The number of hydrogen-bond acceptors (Lipinski definition) is 6. The Morgan fingerprint density at radius 1 is 1.17 bits per heavy atom. The second-order valence-electron chi connectivity index (χ2n) is 6.56. The number of hydrogen-bond donors (Lipinski definition) is 0. The van der Waals surface area contributed by atoms with E-state index in [0.29, 0.717) is 41.0 Å². The van der Waals surface area contributed by atoms with E-state index in [1.54, 1.807) is 32.4 Å². The molecule has 1 aliphatic heterocycles. The smallest absolute Gasteiger partial charge is 0.232 e. The summed E-state index contributed by atoms with van der Waals surface area (Å²) in [6.45, 7) is 0.337. The van der Waals surface area contributed by atoms with Crippen molar-refractivity contribution < 1.29 is 23.2 Å². The number of ether oxygens (including phenoxy) is 2. The van der Waals surface area contributed by atoms with Gasteiger partial charge >= 0.3 is 0 Å². The van der Waals surface area contributed by atoms with Gasteiger partial charge in [0.2, 0.25) is 17.6 Å². The van der Waals surface area contributed by atoms with Crippen LogP contribution in [-0.4, -0.2) is 36.8 Å². The Morgan fingerprint density at radius 3 is 2.55 bits per heavy atom. The van der Waals surface area contributed by atoms with Crippen molar-refractivity contribution in [2.75, 3.05) is 25.7 Å². The van der Waals surface area contributed by atoms with Gasteiger partial charge in [0.25, 0.3) is 0 Å². The van der Waals surface area contributed by atoms with E-state index in [9.17, 15) is 9.18 Å². The van der Waals surface area contributed by atoms with E-state index in [4.69, 9.17) is 25.6 Å². The topological polar surface area (TPSA) is 77.7 Å². The highest BCUT2D eigenvalue weighted by Crippen LogP contribution is 2.34. The molecule has 9 heteroatoms. The van der Waals surface area contributed by atoms with Gasteiger partial charge in [-0.1, -0.05) is 16.8 Å². The Bertz CT molecular complexity index is 1050. The largest absolute Gasteiger partial charge is 0.497 e. The van der Waals surface area contributed by atoms with Gasteiger partial charge in [-0.05, 0) is 30.3 Å². The number of carbonyl (C=O) groups excluding carboxylic acids is 1. The zero-order valence-corrected chi connectivity index (χ0v) is 16.4. The first kappa shape index (κ1) is 19.2. The molecular formula is C20H17ClFN3O4. The van der Waals surface area contributed by atoms with Crippen molar-refractivity contribution in [2.24, 2.45) is 0 Å². The van der Waals surface area contributed by atoms with Gasteiger partial charge < -0.3 is 18.9 Å². The van der Waals surface area contributed by atoms with Gasteiger partial charge in [0, 0.05) is 30.3 Å². The average Bonchev–Trinajstić information content (AvgIpc) is 3.36. The molecule has 0 radical (unpaired) electrons. The standard InChI is InChI=1S/C20H17ClFN3O4/c1-27-14-5-11(6-15(9-14)28-2)19-23-20(29-24-19)12-7-18(26)25(10-12)13-3-4-17(22)16(21)8-13/h3-6,8-9,12H,7,10H2,1-2H3. The fourth-order valence-electron chi connectivity index (χ4n) is 3.23. The molecule has 150 valence electrons. The Labute approximate surface area is 171 Å². The molecule has 1 saturated heterocycles. The van der Waals surface area contributed by atoms with Gasteiger partial charge in [0.05, 0.1) is 25.2 Å². The predicted molar refractivity (Wildman–Crippen MR) is 104 cm³/mol. The molecule has 0 saturated carbocycles. The number of aromatic nitrogens is 2. The van der Waals surface area contributed by atoms with Gasteiger partial charge in [-0.3, -0.25) is 4.79 Å². The van der Waals surface area contributed by atoms with Gasteiger partial charge in [-0.15, -0.1) is 0 Å². The highest BCUT2D eigenvalue weighted by molar-refractivity contribution is 6.31. The zero-order valence-electron chi connectivity index (χ0n) is 15.7. The van der Waals surface area contributed by atoms with Gasteiger partial charge in [0.15, 0.2) is 0 Å². The second kappa shape index (κ2) is 7.71. The van der Waals surface area contributed by atoms with Crippen LogP contribution in [0.15, 0.2) is 40.9 Å². The predicted octanol–water partition coefficient (Wildman–Crippen LogP) is 4.07. The lowest BCUT2D eigenvalue weighted by Crippen LogP contribution is -2.24. The quantitative estimate of drug-likeness (QED) is 0.622. The second-order valence-corrected chi connectivity index (χ2v) is 6.97. The molecule has 4 rings (SSSR count). The van der Waals surface area contributed by atoms with E-state index in [1.807, 2.05) is 0 Å².